The molecule has 0 aromatic heterocycles. The van der Waals surface area contributed by atoms with Crippen molar-refractivity contribution in [3.63, 3.8) is 0 Å². The summed E-state index contributed by atoms with van der Waals surface area (Å²) in [6.07, 6.45) is 1.83. The van der Waals surface area contributed by atoms with Gasteiger partial charge in [-0.15, -0.1) is 0 Å². The van der Waals surface area contributed by atoms with E-state index in [4.69, 9.17) is 5.21 Å². The average molecular weight is 169 g/mol. The van der Waals surface area contributed by atoms with Gasteiger partial charge in [0.1, 0.15) is 0 Å². The fraction of sp³-hybridized carbons (Fsp3) is 0.700. The molecule has 0 saturated carbocycles. The van der Waals surface area contributed by atoms with Gasteiger partial charge in [-0.1, -0.05) is 44.5 Å². The number of hydrogen-bond acceptors (Lipinski definition) is 2. The quantitative estimate of drug-likeness (QED) is 0.298. The molecule has 2 heteroatoms. The lowest BCUT2D eigenvalue weighted by atomic mass is 9.79. The predicted molar refractivity (Wildman–Crippen MR) is 52.7 cm³/mol. The Bertz CT molecular complexity index is 192. The van der Waals surface area contributed by atoms with Crippen LogP contribution in [-0.4, -0.2) is 10.9 Å². The Hall–Kier alpha value is -0.790. The highest BCUT2D eigenvalue weighted by molar-refractivity contribution is 5.91. The van der Waals surface area contributed by atoms with Gasteiger partial charge in [0.25, 0.3) is 0 Å². The van der Waals surface area contributed by atoms with Crippen LogP contribution in [0.15, 0.2) is 17.3 Å². The second-order valence-electron chi connectivity index (χ2n) is 3.70. The van der Waals surface area contributed by atoms with Crippen molar-refractivity contribution >= 4 is 5.71 Å². The molecule has 0 aliphatic rings. The zero-order valence-corrected chi connectivity index (χ0v) is 8.52. The lowest BCUT2D eigenvalue weighted by Crippen LogP contribution is -2.25. The molecule has 0 heterocycles. The first-order valence-electron chi connectivity index (χ1n) is 4.34. The van der Waals surface area contributed by atoms with Gasteiger partial charge in [0.05, 0.1) is 5.71 Å². The summed E-state index contributed by atoms with van der Waals surface area (Å²) in [4.78, 5) is 0. The molecule has 0 unspecified atom stereocenters. The number of allylic oxidation sites excluding steroid dienone is 1. The van der Waals surface area contributed by atoms with Gasteiger partial charge in [0.15, 0.2) is 0 Å². The molecule has 0 rings (SSSR count). The molecule has 0 aromatic carbocycles. The predicted octanol–water partition coefficient (Wildman–Crippen LogP) is 3.22. The van der Waals surface area contributed by atoms with Crippen molar-refractivity contribution in [1.29, 1.82) is 0 Å². The SMILES string of the molecule is C=C(C)C(C)(C)C(CCC)=NO. The van der Waals surface area contributed by atoms with Crippen molar-refractivity contribution in [1.82, 2.24) is 0 Å². The van der Waals surface area contributed by atoms with Crippen LogP contribution in [0.3, 0.4) is 0 Å². The van der Waals surface area contributed by atoms with E-state index in [2.05, 4.69) is 18.7 Å². The summed E-state index contributed by atoms with van der Waals surface area (Å²) in [5.41, 5.74) is 1.67. The minimum absolute atomic E-state index is 0.176. The summed E-state index contributed by atoms with van der Waals surface area (Å²) >= 11 is 0. The van der Waals surface area contributed by atoms with Crippen molar-refractivity contribution in [3.8, 4) is 0 Å². The maximum Gasteiger partial charge on any atom is 0.0666 e. The summed E-state index contributed by atoms with van der Waals surface area (Å²) < 4.78 is 0. The Morgan fingerprint density at radius 3 is 2.25 bits per heavy atom. The van der Waals surface area contributed by atoms with Gasteiger partial charge in [-0.05, 0) is 13.3 Å². The van der Waals surface area contributed by atoms with E-state index in [9.17, 15) is 0 Å². The Kier molecular flexibility index (Phi) is 4.01. The summed E-state index contributed by atoms with van der Waals surface area (Å²) in [6.45, 7) is 12.0. The number of oxime groups is 1. The zero-order chi connectivity index (χ0) is 9.78. The van der Waals surface area contributed by atoms with Crippen molar-refractivity contribution in [2.75, 3.05) is 0 Å². The van der Waals surface area contributed by atoms with Gasteiger partial charge >= 0.3 is 0 Å². The molecule has 0 aliphatic heterocycles. The van der Waals surface area contributed by atoms with Crippen LogP contribution in [0.25, 0.3) is 0 Å². The van der Waals surface area contributed by atoms with E-state index in [0.717, 1.165) is 24.1 Å². The molecule has 12 heavy (non-hydrogen) atoms. The van der Waals surface area contributed by atoms with Gasteiger partial charge in [0, 0.05) is 5.41 Å². The van der Waals surface area contributed by atoms with E-state index in [0.29, 0.717) is 0 Å². The van der Waals surface area contributed by atoms with E-state index in [-0.39, 0.29) is 5.41 Å². The largest absolute Gasteiger partial charge is 0.411 e. The fourth-order valence-electron chi connectivity index (χ4n) is 0.971. The smallest absolute Gasteiger partial charge is 0.0666 e. The molecular weight excluding hydrogens is 150 g/mol. The van der Waals surface area contributed by atoms with Crippen molar-refractivity contribution in [3.05, 3.63) is 12.2 Å². The Balaban J connectivity index is 4.61. The topological polar surface area (TPSA) is 32.6 Å². The minimum Gasteiger partial charge on any atom is -0.411 e. The molecule has 1 N–H and O–H groups in total. The van der Waals surface area contributed by atoms with E-state index in [1.165, 1.54) is 0 Å². The molecule has 0 atom stereocenters. The summed E-state index contributed by atoms with van der Waals surface area (Å²) in [5, 5.41) is 12.1. The molecule has 0 amide bonds. The molecule has 0 bridgehead atoms. The standard InChI is InChI=1S/C10H19NO/c1-6-7-9(11-12)10(4,5)8(2)3/h12H,2,6-7H2,1,3-5H3. The minimum atomic E-state index is -0.176. The van der Waals surface area contributed by atoms with Crippen molar-refractivity contribution < 1.29 is 5.21 Å². The Morgan fingerprint density at radius 2 is 2.00 bits per heavy atom. The number of hydrogen-bond donors (Lipinski definition) is 1. The van der Waals surface area contributed by atoms with Crippen LogP contribution in [-0.2, 0) is 0 Å². The Labute approximate surface area is 75.0 Å². The van der Waals surface area contributed by atoms with Crippen molar-refractivity contribution in [2.45, 2.75) is 40.5 Å². The van der Waals surface area contributed by atoms with Crippen LogP contribution in [0.4, 0.5) is 0 Å². The van der Waals surface area contributed by atoms with Crippen LogP contribution >= 0.6 is 0 Å². The van der Waals surface area contributed by atoms with Crippen LogP contribution in [0.2, 0.25) is 0 Å². The van der Waals surface area contributed by atoms with Gasteiger partial charge < -0.3 is 5.21 Å². The van der Waals surface area contributed by atoms with Crippen molar-refractivity contribution in [2.24, 2.45) is 10.6 Å². The number of rotatable bonds is 4. The maximum atomic E-state index is 8.79. The monoisotopic (exact) mass is 169 g/mol. The lowest BCUT2D eigenvalue weighted by Gasteiger charge is -2.25. The van der Waals surface area contributed by atoms with E-state index in [1.807, 2.05) is 20.8 Å². The van der Waals surface area contributed by atoms with E-state index < -0.39 is 0 Å². The molecule has 0 aliphatic carbocycles. The third-order valence-corrected chi connectivity index (χ3v) is 2.40. The lowest BCUT2D eigenvalue weighted by molar-refractivity contribution is 0.310. The molecule has 70 valence electrons. The highest BCUT2D eigenvalue weighted by Crippen LogP contribution is 2.28. The zero-order valence-electron chi connectivity index (χ0n) is 8.52. The second kappa shape index (κ2) is 4.29. The van der Waals surface area contributed by atoms with Crippen LogP contribution in [0.5, 0.6) is 0 Å². The first kappa shape index (κ1) is 11.2. The van der Waals surface area contributed by atoms with Crippen LogP contribution in [0.1, 0.15) is 40.5 Å². The van der Waals surface area contributed by atoms with Crippen LogP contribution in [0, 0.1) is 5.41 Å². The Morgan fingerprint density at radius 1 is 1.50 bits per heavy atom. The van der Waals surface area contributed by atoms with Crippen LogP contribution < -0.4 is 0 Å². The van der Waals surface area contributed by atoms with E-state index in [1.54, 1.807) is 0 Å². The number of nitrogens with zero attached hydrogens (tertiary/aromatic N) is 1. The molecule has 0 spiro atoms. The summed E-state index contributed by atoms with van der Waals surface area (Å²) in [5.74, 6) is 0. The normalized spacial score (nSPS) is 13.2. The molecule has 0 saturated heterocycles. The van der Waals surface area contributed by atoms with Gasteiger partial charge in [-0.2, -0.15) is 0 Å². The van der Waals surface area contributed by atoms with Gasteiger partial charge in [0.2, 0.25) is 0 Å². The third kappa shape index (κ3) is 2.36. The van der Waals surface area contributed by atoms with E-state index >= 15 is 0 Å². The first-order chi connectivity index (χ1) is 5.46. The second-order valence-corrected chi connectivity index (χ2v) is 3.70. The first-order valence-corrected chi connectivity index (χ1v) is 4.34. The molecule has 0 fully saturated rings. The molecule has 2 nitrogen and oxygen atoms in total. The van der Waals surface area contributed by atoms with Gasteiger partial charge in [-0.3, -0.25) is 0 Å². The average Bonchev–Trinajstić information content (AvgIpc) is 1.99. The molecule has 0 radical (unpaired) electrons. The molecule has 0 aromatic rings. The molecular formula is C10H19NO. The third-order valence-electron chi connectivity index (χ3n) is 2.40. The fourth-order valence-corrected chi connectivity index (χ4v) is 0.971. The highest BCUT2D eigenvalue weighted by Gasteiger charge is 2.25. The van der Waals surface area contributed by atoms with Gasteiger partial charge in [-0.25, -0.2) is 0 Å². The summed E-state index contributed by atoms with van der Waals surface area (Å²) in [7, 11) is 0. The highest BCUT2D eigenvalue weighted by atomic mass is 16.4. The maximum absolute atomic E-state index is 8.79. The summed E-state index contributed by atoms with van der Waals surface area (Å²) in [6, 6.07) is 0.